The van der Waals surface area contributed by atoms with Crippen LogP contribution >= 0.6 is 35.6 Å². The molecule has 0 spiro atoms. The molecule has 0 unspecified atom stereocenters. The molecule has 0 rings (SSSR count). The first kappa shape index (κ1) is 21.3. The second-order valence-electron chi connectivity index (χ2n) is 3.12. The van der Waals surface area contributed by atoms with Gasteiger partial charge in [-0.1, -0.05) is 6.58 Å². The highest BCUT2D eigenvalue weighted by Crippen LogP contribution is 1.85. The van der Waals surface area contributed by atoms with Crippen molar-refractivity contribution < 1.29 is 4.79 Å². The Morgan fingerprint density at radius 2 is 1.56 bits per heavy atom. The maximum atomic E-state index is 10.3. The highest BCUT2D eigenvalue weighted by Gasteiger charge is 1.92. The summed E-state index contributed by atoms with van der Waals surface area (Å²) in [6.07, 6.45) is 1.28. The monoisotopic (exact) mass is 290 g/mol. The van der Waals surface area contributed by atoms with E-state index in [-0.39, 0.29) is 18.3 Å². The van der Waals surface area contributed by atoms with Crippen LogP contribution in [0.2, 0.25) is 0 Å². The summed E-state index contributed by atoms with van der Waals surface area (Å²) in [5, 5.41) is 0. The van der Waals surface area contributed by atoms with Gasteiger partial charge in [-0.25, -0.2) is 0 Å². The van der Waals surface area contributed by atoms with E-state index in [2.05, 4.69) is 11.5 Å². The summed E-state index contributed by atoms with van der Waals surface area (Å²) in [7, 11) is 5.37. The van der Waals surface area contributed by atoms with Gasteiger partial charge in [0.05, 0.1) is 0 Å². The fourth-order valence-electron chi connectivity index (χ4n) is 0.583. The Hall–Kier alpha value is 0.0400. The zero-order chi connectivity index (χ0) is 12.3. The minimum atomic E-state index is -0.0556. The predicted octanol–water partition coefficient (Wildman–Crippen LogP) is 2.08. The van der Waals surface area contributed by atoms with Crippen LogP contribution in [0.4, 0.5) is 0 Å². The summed E-state index contributed by atoms with van der Waals surface area (Å²) in [6.45, 7) is 5.14. The molecular weight excluding hydrogens is 270 g/mol. The molecule has 98 valence electrons. The minimum Gasteiger partial charge on any atom is -0.345 e. The average molecular weight is 292 g/mol. The van der Waals surface area contributed by atoms with E-state index < -0.39 is 0 Å². The van der Waals surface area contributed by atoms with Crippen molar-refractivity contribution in [1.29, 1.82) is 0 Å². The van der Waals surface area contributed by atoms with E-state index in [0.29, 0.717) is 11.8 Å². The molecule has 0 saturated heterocycles. The van der Waals surface area contributed by atoms with Gasteiger partial charge in [-0.2, -0.15) is 0 Å². The van der Waals surface area contributed by atoms with E-state index in [1.54, 1.807) is 14.1 Å². The summed E-state index contributed by atoms with van der Waals surface area (Å²) in [4.78, 5) is 13.9. The van der Waals surface area contributed by atoms with Gasteiger partial charge in [0.2, 0.25) is 5.91 Å². The maximum absolute atomic E-state index is 10.3. The number of alkyl halides is 2. The van der Waals surface area contributed by atoms with Gasteiger partial charge in [0, 0.05) is 38.9 Å². The SMILES string of the molecule is C=CC(=O)N(C)C.CN(CCCl)CCCl.Cl. The summed E-state index contributed by atoms with van der Waals surface area (Å²) >= 11 is 10.9. The molecule has 0 atom stereocenters. The second-order valence-corrected chi connectivity index (χ2v) is 3.87. The van der Waals surface area contributed by atoms with Gasteiger partial charge in [-0.15, -0.1) is 35.6 Å². The predicted molar refractivity (Wildman–Crippen MR) is 75.1 cm³/mol. The van der Waals surface area contributed by atoms with Crippen molar-refractivity contribution in [3.8, 4) is 0 Å². The minimum absolute atomic E-state index is 0. The van der Waals surface area contributed by atoms with Gasteiger partial charge < -0.3 is 9.80 Å². The van der Waals surface area contributed by atoms with E-state index in [1.165, 1.54) is 11.0 Å². The molecule has 3 nitrogen and oxygen atoms in total. The average Bonchev–Trinajstić information content (AvgIpc) is 2.18. The fraction of sp³-hybridized carbons (Fsp3) is 0.700. The summed E-state index contributed by atoms with van der Waals surface area (Å²) in [5.74, 6) is 1.32. The number of hydrogen-bond acceptors (Lipinski definition) is 2. The second kappa shape index (κ2) is 15.0. The third kappa shape index (κ3) is 16.5. The summed E-state index contributed by atoms with van der Waals surface area (Å²) in [6, 6.07) is 0. The third-order valence-corrected chi connectivity index (χ3v) is 1.89. The van der Waals surface area contributed by atoms with Crippen LogP contribution in [-0.4, -0.2) is 61.7 Å². The molecule has 0 aromatic carbocycles. The Kier molecular flexibility index (Phi) is 20.1. The lowest BCUT2D eigenvalue weighted by molar-refractivity contribution is -0.123. The molecule has 0 heterocycles. The molecule has 16 heavy (non-hydrogen) atoms. The Bertz CT molecular complexity index is 171. The van der Waals surface area contributed by atoms with Crippen LogP contribution in [-0.2, 0) is 4.79 Å². The number of rotatable bonds is 5. The van der Waals surface area contributed by atoms with Crippen molar-refractivity contribution in [3.63, 3.8) is 0 Å². The molecule has 0 aromatic rings. The molecule has 1 amide bonds. The van der Waals surface area contributed by atoms with Crippen molar-refractivity contribution in [2.45, 2.75) is 0 Å². The lowest BCUT2D eigenvalue weighted by atomic mass is 10.5. The largest absolute Gasteiger partial charge is 0.345 e. The number of nitrogens with zero attached hydrogens (tertiary/aromatic N) is 2. The lowest BCUT2D eigenvalue weighted by Gasteiger charge is -2.11. The molecule has 0 aromatic heterocycles. The molecule has 0 bridgehead atoms. The van der Waals surface area contributed by atoms with Crippen LogP contribution in [0.3, 0.4) is 0 Å². The smallest absolute Gasteiger partial charge is 0.245 e. The number of hydrogen-bond donors (Lipinski definition) is 0. The van der Waals surface area contributed by atoms with E-state index in [1.807, 2.05) is 7.05 Å². The van der Waals surface area contributed by atoms with E-state index in [4.69, 9.17) is 23.2 Å². The molecule has 0 N–H and O–H groups in total. The van der Waals surface area contributed by atoms with Gasteiger partial charge in [0.15, 0.2) is 0 Å². The third-order valence-electron chi connectivity index (χ3n) is 1.55. The van der Waals surface area contributed by atoms with Crippen LogP contribution in [0.1, 0.15) is 0 Å². The Morgan fingerprint density at radius 1 is 1.19 bits per heavy atom. The number of likely N-dealkylation sites (N-methyl/N-ethyl adjacent to an activating group) is 1. The summed E-state index contributed by atoms with van der Waals surface area (Å²) in [5.41, 5.74) is 0. The first-order valence-electron chi connectivity index (χ1n) is 4.63. The van der Waals surface area contributed by atoms with Crippen LogP contribution < -0.4 is 0 Å². The molecule has 0 fully saturated rings. The Balaban J connectivity index is -0.000000200. The molecule has 0 aliphatic heterocycles. The zero-order valence-electron chi connectivity index (χ0n) is 10.1. The summed E-state index contributed by atoms with van der Waals surface area (Å²) < 4.78 is 0. The molecule has 0 aliphatic rings. The maximum Gasteiger partial charge on any atom is 0.245 e. The quantitative estimate of drug-likeness (QED) is 0.572. The molecule has 0 saturated carbocycles. The first-order valence-corrected chi connectivity index (χ1v) is 5.70. The molecule has 0 radical (unpaired) electrons. The topological polar surface area (TPSA) is 23.6 Å². The van der Waals surface area contributed by atoms with Gasteiger partial charge >= 0.3 is 0 Å². The van der Waals surface area contributed by atoms with Gasteiger partial charge in [-0.3, -0.25) is 4.79 Å². The number of carbonyl (C=O) groups is 1. The molecule has 0 aliphatic carbocycles. The highest BCUT2D eigenvalue weighted by molar-refractivity contribution is 6.18. The molecular formula is C10H21Cl3N2O. The van der Waals surface area contributed by atoms with E-state index in [9.17, 15) is 4.79 Å². The first-order chi connectivity index (χ1) is 6.99. The van der Waals surface area contributed by atoms with Crippen LogP contribution in [0, 0.1) is 0 Å². The van der Waals surface area contributed by atoms with Crippen molar-refractivity contribution in [1.82, 2.24) is 9.80 Å². The van der Waals surface area contributed by atoms with E-state index in [0.717, 1.165) is 13.1 Å². The van der Waals surface area contributed by atoms with Gasteiger partial charge in [0.25, 0.3) is 0 Å². The van der Waals surface area contributed by atoms with E-state index >= 15 is 0 Å². The zero-order valence-corrected chi connectivity index (χ0v) is 12.4. The highest BCUT2D eigenvalue weighted by atomic mass is 35.5. The standard InChI is InChI=1S/C5H11Cl2N.C5H9NO.ClH/c1-8(4-2-6)5-3-7;1-4-5(7)6(2)3;/h2-5H2,1H3;4H,1H2,2-3H3;1H. The number of amides is 1. The fourth-order valence-corrected chi connectivity index (χ4v) is 1.16. The van der Waals surface area contributed by atoms with Gasteiger partial charge in [0.1, 0.15) is 0 Å². The van der Waals surface area contributed by atoms with Crippen molar-refractivity contribution in [2.75, 3.05) is 46.0 Å². The van der Waals surface area contributed by atoms with Crippen molar-refractivity contribution in [2.24, 2.45) is 0 Å². The Morgan fingerprint density at radius 3 is 1.69 bits per heavy atom. The number of halogens is 3. The van der Waals surface area contributed by atoms with Crippen LogP contribution in [0.25, 0.3) is 0 Å². The number of carbonyl (C=O) groups excluding carboxylic acids is 1. The lowest BCUT2D eigenvalue weighted by Crippen LogP contribution is -2.22. The van der Waals surface area contributed by atoms with Crippen molar-refractivity contribution >= 4 is 41.5 Å². The normalized spacial score (nSPS) is 8.62. The Labute approximate surface area is 115 Å². The van der Waals surface area contributed by atoms with Gasteiger partial charge in [-0.05, 0) is 13.1 Å². The molecule has 6 heteroatoms. The van der Waals surface area contributed by atoms with Crippen LogP contribution in [0.5, 0.6) is 0 Å². The van der Waals surface area contributed by atoms with Crippen LogP contribution in [0.15, 0.2) is 12.7 Å². The van der Waals surface area contributed by atoms with Crippen molar-refractivity contribution in [3.05, 3.63) is 12.7 Å².